The van der Waals surface area contributed by atoms with Crippen LogP contribution in [0.2, 0.25) is 0 Å². The van der Waals surface area contributed by atoms with Crippen molar-refractivity contribution in [1.82, 2.24) is 9.88 Å². The van der Waals surface area contributed by atoms with Crippen molar-refractivity contribution < 1.29 is 23.9 Å². The van der Waals surface area contributed by atoms with Crippen molar-refractivity contribution in [2.24, 2.45) is 5.92 Å². The largest absolute Gasteiger partial charge is 0.464 e. The first-order chi connectivity index (χ1) is 11.9. The lowest BCUT2D eigenvalue weighted by Gasteiger charge is -2.36. The predicted octanol–water partition coefficient (Wildman–Crippen LogP) is 2.06. The van der Waals surface area contributed by atoms with Gasteiger partial charge < -0.3 is 14.4 Å². The molecule has 1 aromatic heterocycles. The lowest BCUT2D eigenvalue weighted by atomic mass is 9.85. The van der Waals surface area contributed by atoms with Crippen molar-refractivity contribution in [2.75, 3.05) is 20.8 Å². The number of amides is 1. The van der Waals surface area contributed by atoms with E-state index in [0.717, 1.165) is 19.3 Å². The van der Waals surface area contributed by atoms with E-state index >= 15 is 0 Å². The third-order valence-electron chi connectivity index (χ3n) is 4.64. The zero-order chi connectivity index (χ0) is 18.4. The standard InChI is InChI=1S/C18H24N2O5/c1-12-7-4-5-10-15(12)20(2)16(21)11-25-18(23)14-9-6-8-13(19-14)17(22)24-3/h6,8-9,12,15H,4-5,7,10-11H2,1-3H3. The van der Waals surface area contributed by atoms with Crippen LogP contribution in [0.3, 0.4) is 0 Å². The third kappa shape index (κ3) is 4.78. The Balaban J connectivity index is 1.93. The summed E-state index contributed by atoms with van der Waals surface area (Å²) < 4.78 is 9.62. The highest BCUT2D eigenvalue weighted by molar-refractivity contribution is 5.92. The number of rotatable bonds is 5. The van der Waals surface area contributed by atoms with Gasteiger partial charge in [-0.15, -0.1) is 0 Å². The number of likely N-dealkylation sites (N-methyl/N-ethyl adjacent to an activating group) is 1. The number of ether oxygens (including phenoxy) is 2. The van der Waals surface area contributed by atoms with E-state index in [1.807, 2.05) is 0 Å². The van der Waals surface area contributed by atoms with E-state index in [9.17, 15) is 14.4 Å². The van der Waals surface area contributed by atoms with Crippen molar-refractivity contribution in [3.05, 3.63) is 29.6 Å². The molecule has 0 aromatic carbocycles. The molecule has 1 aromatic rings. The molecular formula is C18H24N2O5. The van der Waals surface area contributed by atoms with Gasteiger partial charge >= 0.3 is 11.9 Å². The second-order valence-corrected chi connectivity index (χ2v) is 6.31. The maximum absolute atomic E-state index is 12.3. The van der Waals surface area contributed by atoms with Gasteiger partial charge in [-0.1, -0.05) is 25.8 Å². The van der Waals surface area contributed by atoms with Gasteiger partial charge in [-0.25, -0.2) is 14.6 Å². The highest BCUT2D eigenvalue weighted by Gasteiger charge is 2.28. The number of carbonyl (C=O) groups is 3. The second-order valence-electron chi connectivity index (χ2n) is 6.31. The maximum Gasteiger partial charge on any atom is 0.357 e. The molecular weight excluding hydrogens is 324 g/mol. The number of esters is 2. The van der Waals surface area contributed by atoms with Crippen LogP contribution in [0, 0.1) is 5.92 Å². The summed E-state index contributed by atoms with van der Waals surface area (Å²) >= 11 is 0. The predicted molar refractivity (Wildman–Crippen MR) is 90.0 cm³/mol. The Labute approximate surface area is 147 Å². The van der Waals surface area contributed by atoms with Gasteiger partial charge in [0, 0.05) is 13.1 Å². The lowest BCUT2D eigenvalue weighted by molar-refractivity contribution is -0.136. The van der Waals surface area contributed by atoms with Crippen molar-refractivity contribution in [3.63, 3.8) is 0 Å². The number of methoxy groups -OCH3 is 1. The number of pyridine rings is 1. The first-order valence-corrected chi connectivity index (χ1v) is 8.42. The molecule has 1 heterocycles. The topological polar surface area (TPSA) is 85.8 Å². The summed E-state index contributed by atoms with van der Waals surface area (Å²) in [6, 6.07) is 4.55. The number of aromatic nitrogens is 1. The Morgan fingerprint density at radius 2 is 1.80 bits per heavy atom. The Kier molecular flexibility index (Phi) is 6.50. The average Bonchev–Trinajstić information content (AvgIpc) is 2.65. The summed E-state index contributed by atoms with van der Waals surface area (Å²) in [5, 5.41) is 0. The summed E-state index contributed by atoms with van der Waals surface area (Å²) in [7, 11) is 2.98. The fourth-order valence-corrected chi connectivity index (χ4v) is 3.13. The fourth-order valence-electron chi connectivity index (χ4n) is 3.13. The van der Waals surface area contributed by atoms with E-state index in [0.29, 0.717) is 5.92 Å². The zero-order valence-corrected chi connectivity index (χ0v) is 14.9. The van der Waals surface area contributed by atoms with Crippen LogP contribution >= 0.6 is 0 Å². The SMILES string of the molecule is COC(=O)c1cccc(C(=O)OCC(=O)N(C)C2CCCCC2C)n1. The molecule has 0 N–H and O–H groups in total. The van der Waals surface area contributed by atoms with E-state index in [4.69, 9.17) is 4.74 Å². The van der Waals surface area contributed by atoms with E-state index in [1.54, 1.807) is 11.9 Å². The quantitative estimate of drug-likeness (QED) is 0.757. The molecule has 1 aliphatic rings. The van der Waals surface area contributed by atoms with Gasteiger partial charge in [0.1, 0.15) is 11.4 Å². The molecule has 1 fully saturated rings. The molecule has 25 heavy (non-hydrogen) atoms. The summed E-state index contributed by atoms with van der Waals surface area (Å²) in [6.07, 6.45) is 4.37. The Bertz CT molecular complexity index is 646. The normalized spacial score (nSPS) is 19.8. The first kappa shape index (κ1) is 18.9. The molecule has 136 valence electrons. The Morgan fingerprint density at radius 1 is 1.16 bits per heavy atom. The maximum atomic E-state index is 12.3. The number of carbonyl (C=O) groups excluding carboxylic acids is 3. The van der Waals surface area contributed by atoms with Crippen molar-refractivity contribution in [3.8, 4) is 0 Å². The van der Waals surface area contributed by atoms with Crippen molar-refractivity contribution >= 4 is 17.8 Å². The van der Waals surface area contributed by atoms with Gasteiger partial charge in [0.2, 0.25) is 0 Å². The third-order valence-corrected chi connectivity index (χ3v) is 4.64. The molecule has 0 saturated heterocycles. The molecule has 1 saturated carbocycles. The molecule has 7 nitrogen and oxygen atoms in total. The van der Waals surface area contributed by atoms with Crippen molar-refractivity contribution in [2.45, 2.75) is 38.6 Å². The minimum Gasteiger partial charge on any atom is -0.464 e. The number of hydrogen-bond acceptors (Lipinski definition) is 6. The minimum atomic E-state index is -0.746. The van der Waals surface area contributed by atoms with Gasteiger partial charge in [-0.05, 0) is 30.9 Å². The fraction of sp³-hybridized carbons (Fsp3) is 0.556. The highest BCUT2D eigenvalue weighted by atomic mass is 16.5. The smallest absolute Gasteiger partial charge is 0.357 e. The molecule has 0 bridgehead atoms. The Morgan fingerprint density at radius 3 is 2.44 bits per heavy atom. The van der Waals surface area contributed by atoms with Crippen LogP contribution in [0.25, 0.3) is 0 Å². The van der Waals surface area contributed by atoms with Crippen LogP contribution < -0.4 is 0 Å². The van der Waals surface area contributed by atoms with Crippen LogP contribution in [0.15, 0.2) is 18.2 Å². The summed E-state index contributed by atoms with van der Waals surface area (Å²) in [5.41, 5.74) is -0.0270. The minimum absolute atomic E-state index is 0.0106. The Hall–Kier alpha value is -2.44. The van der Waals surface area contributed by atoms with Crippen LogP contribution in [0.5, 0.6) is 0 Å². The van der Waals surface area contributed by atoms with Gasteiger partial charge in [0.15, 0.2) is 6.61 Å². The lowest BCUT2D eigenvalue weighted by Crippen LogP contribution is -2.44. The first-order valence-electron chi connectivity index (χ1n) is 8.42. The molecule has 7 heteroatoms. The van der Waals surface area contributed by atoms with E-state index in [-0.39, 0.29) is 29.9 Å². The molecule has 2 unspecified atom stereocenters. The van der Waals surface area contributed by atoms with Crippen LogP contribution in [0.1, 0.15) is 53.6 Å². The van der Waals surface area contributed by atoms with Gasteiger partial charge in [0.25, 0.3) is 5.91 Å². The van der Waals surface area contributed by atoms with Crippen LogP contribution in [0.4, 0.5) is 0 Å². The highest BCUT2D eigenvalue weighted by Crippen LogP contribution is 2.27. The molecule has 0 radical (unpaired) electrons. The summed E-state index contributed by atoms with van der Waals surface area (Å²) in [4.78, 5) is 41.4. The summed E-state index contributed by atoms with van der Waals surface area (Å²) in [6.45, 7) is 1.80. The zero-order valence-electron chi connectivity index (χ0n) is 14.9. The van der Waals surface area contributed by atoms with Crippen molar-refractivity contribution in [1.29, 1.82) is 0 Å². The second kappa shape index (κ2) is 8.60. The van der Waals surface area contributed by atoms with Gasteiger partial charge in [-0.3, -0.25) is 4.79 Å². The van der Waals surface area contributed by atoms with E-state index in [1.165, 1.54) is 31.7 Å². The molecule has 0 spiro atoms. The molecule has 1 amide bonds. The molecule has 2 rings (SSSR count). The van der Waals surface area contributed by atoms with E-state index < -0.39 is 11.9 Å². The summed E-state index contributed by atoms with van der Waals surface area (Å²) in [5.74, 6) is -1.19. The number of hydrogen-bond donors (Lipinski definition) is 0. The van der Waals surface area contributed by atoms with Crippen LogP contribution in [-0.2, 0) is 14.3 Å². The molecule has 0 aliphatic heterocycles. The molecule has 2 atom stereocenters. The van der Waals surface area contributed by atoms with E-state index in [2.05, 4.69) is 16.6 Å². The van der Waals surface area contributed by atoms with Crippen LogP contribution in [-0.4, -0.2) is 54.5 Å². The van der Waals surface area contributed by atoms with Gasteiger partial charge in [0.05, 0.1) is 7.11 Å². The van der Waals surface area contributed by atoms with Gasteiger partial charge in [-0.2, -0.15) is 0 Å². The average molecular weight is 348 g/mol. The number of nitrogens with zero attached hydrogens (tertiary/aromatic N) is 2. The molecule has 1 aliphatic carbocycles. The monoisotopic (exact) mass is 348 g/mol.